The van der Waals surface area contributed by atoms with Crippen LogP contribution in [0, 0.1) is 0 Å². The van der Waals surface area contributed by atoms with Gasteiger partial charge in [0.25, 0.3) is 0 Å². The smallest absolute Gasteiger partial charge is 0.240 e. The van der Waals surface area contributed by atoms with Gasteiger partial charge < -0.3 is 20.1 Å². The Morgan fingerprint density at radius 2 is 2.32 bits per heavy atom. The number of carbonyl (C=O) groups is 1. The summed E-state index contributed by atoms with van der Waals surface area (Å²) in [7, 11) is 0. The summed E-state index contributed by atoms with van der Waals surface area (Å²) in [6.45, 7) is 4.78. The largest absolute Gasteiger partial charge is 0.348 e. The molecule has 0 aliphatic rings. The Kier molecular flexibility index (Phi) is 5.65. The van der Waals surface area contributed by atoms with Crippen molar-refractivity contribution in [3.63, 3.8) is 0 Å². The number of aromatic amines is 1. The number of carbonyl (C=O) groups excluding carboxylic acids is 1. The zero-order valence-electron chi connectivity index (χ0n) is 13.0. The van der Waals surface area contributed by atoms with Gasteiger partial charge in [-0.25, -0.2) is 4.98 Å². The van der Waals surface area contributed by atoms with Crippen LogP contribution in [0.1, 0.15) is 37.7 Å². The van der Waals surface area contributed by atoms with Gasteiger partial charge in [-0.3, -0.25) is 4.79 Å². The predicted octanol–water partition coefficient (Wildman–Crippen LogP) is 0.664. The molecule has 3 N–H and O–H groups in total. The van der Waals surface area contributed by atoms with E-state index in [1.54, 1.807) is 17.4 Å². The summed E-state index contributed by atoms with van der Waals surface area (Å²) in [6.07, 6.45) is 5.33. The van der Waals surface area contributed by atoms with E-state index in [-0.39, 0.29) is 5.91 Å². The van der Waals surface area contributed by atoms with E-state index in [9.17, 15) is 4.79 Å². The molecule has 8 heteroatoms. The number of rotatable bonds is 8. The van der Waals surface area contributed by atoms with Gasteiger partial charge in [0.15, 0.2) is 5.82 Å². The second-order valence-electron chi connectivity index (χ2n) is 5.09. The van der Waals surface area contributed by atoms with Gasteiger partial charge in [-0.1, -0.05) is 12.1 Å². The van der Waals surface area contributed by atoms with Gasteiger partial charge in [-0.2, -0.15) is 4.98 Å². The third kappa shape index (κ3) is 4.14. The first-order chi connectivity index (χ1) is 10.6. The first-order valence-electron chi connectivity index (χ1n) is 7.47. The molecule has 0 radical (unpaired) electrons. The minimum Gasteiger partial charge on any atom is -0.348 e. The van der Waals surface area contributed by atoms with Gasteiger partial charge in [0.2, 0.25) is 11.8 Å². The second kappa shape index (κ2) is 7.69. The average Bonchev–Trinajstić information content (AvgIpc) is 3.16. The van der Waals surface area contributed by atoms with E-state index in [0.717, 1.165) is 18.5 Å². The number of imidazole rings is 1. The van der Waals surface area contributed by atoms with Crippen molar-refractivity contribution in [3.05, 3.63) is 29.9 Å². The Bertz CT molecular complexity index is 580. The maximum Gasteiger partial charge on any atom is 0.240 e. The molecular formula is C14H22N6O2. The summed E-state index contributed by atoms with van der Waals surface area (Å²) in [4.78, 5) is 25.2. The van der Waals surface area contributed by atoms with Crippen LogP contribution < -0.4 is 5.73 Å². The van der Waals surface area contributed by atoms with E-state index in [4.69, 9.17) is 10.3 Å². The monoisotopic (exact) mass is 306 g/mol. The van der Waals surface area contributed by atoms with Crippen LogP contribution in [0.5, 0.6) is 0 Å². The van der Waals surface area contributed by atoms with E-state index in [1.807, 2.05) is 13.8 Å². The summed E-state index contributed by atoms with van der Waals surface area (Å²) in [5.74, 6) is 0.967. The highest BCUT2D eigenvalue weighted by Gasteiger charge is 2.22. The number of aryl methyl sites for hydroxylation is 1. The lowest BCUT2D eigenvalue weighted by molar-refractivity contribution is -0.133. The fourth-order valence-electron chi connectivity index (χ4n) is 2.14. The van der Waals surface area contributed by atoms with Crippen LogP contribution in [0.4, 0.5) is 0 Å². The molecular weight excluding hydrogens is 284 g/mol. The van der Waals surface area contributed by atoms with Crippen LogP contribution in [0.3, 0.4) is 0 Å². The van der Waals surface area contributed by atoms with Crippen molar-refractivity contribution in [1.82, 2.24) is 25.0 Å². The van der Waals surface area contributed by atoms with E-state index >= 15 is 0 Å². The normalized spacial score (nSPS) is 12.3. The van der Waals surface area contributed by atoms with Crippen LogP contribution in [-0.4, -0.2) is 43.5 Å². The first-order valence-corrected chi connectivity index (χ1v) is 7.47. The van der Waals surface area contributed by atoms with Gasteiger partial charge in [-0.05, 0) is 13.3 Å². The minimum atomic E-state index is -0.623. The Labute approximate surface area is 129 Å². The fourth-order valence-corrected chi connectivity index (χ4v) is 2.14. The zero-order chi connectivity index (χ0) is 15.9. The molecule has 0 aliphatic carbocycles. The molecule has 0 saturated heterocycles. The molecule has 1 atom stereocenters. The lowest BCUT2D eigenvalue weighted by atomic mass is 10.1. The molecule has 120 valence electrons. The number of hydrogen-bond donors (Lipinski definition) is 2. The highest BCUT2D eigenvalue weighted by Crippen LogP contribution is 2.07. The Morgan fingerprint density at radius 3 is 2.95 bits per heavy atom. The summed E-state index contributed by atoms with van der Waals surface area (Å²) in [5.41, 5.74) is 6.82. The molecule has 2 aromatic heterocycles. The van der Waals surface area contributed by atoms with Crippen molar-refractivity contribution in [1.29, 1.82) is 0 Å². The number of H-pyrrole nitrogens is 1. The molecule has 22 heavy (non-hydrogen) atoms. The van der Waals surface area contributed by atoms with Crippen molar-refractivity contribution in [2.24, 2.45) is 5.73 Å². The van der Waals surface area contributed by atoms with E-state index < -0.39 is 6.04 Å². The van der Waals surface area contributed by atoms with Crippen molar-refractivity contribution in [3.8, 4) is 0 Å². The Balaban J connectivity index is 1.95. The molecule has 2 rings (SSSR count). The van der Waals surface area contributed by atoms with Crippen molar-refractivity contribution >= 4 is 5.91 Å². The Hall–Kier alpha value is -2.22. The van der Waals surface area contributed by atoms with Gasteiger partial charge in [0, 0.05) is 31.3 Å². The SMILES string of the molecule is CCCc1nc(CN(CC)C(=O)[C@@H](N)Cc2cnc[nH]2)no1. The van der Waals surface area contributed by atoms with Crippen LogP contribution in [0.15, 0.2) is 17.0 Å². The van der Waals surface area contributed by atoms with Gasteiger partial charge >= 0.3 is 0 Å². The second-order valence-corrected chi connectivity index (χ2v) is 5.09. The molecule has 0 aliphatic heterocycles. The number of nitrogens with two attached hydrogens (primary N) is 1. The minimum absolute atomic E-state index is 0.140. The van der Waals surface area contributed by atoms with Gasteiger partial charge in [0.05, 0.1) is 18.9 Å². The molecule has 2 aromatic rings. The molecule has 0 fully saturated rings. The van der Waals surface area contributed by atoms with Crippen LogP contribution >= 0.6 is 0 Å². The molecule has 0 saturated carbocycles. The maximum absolute atomic E-state index is 12.4. The predicted molar refractivity (Wildman–Crippen MR) is 79.7 cm³/mol. The molecule has 0 aromatic carbocycles. The fraction of sp³-hybridized carbons (Fsp3) is 0.571. The molecule has 0 unspecified atom stereocenters. The summed E-state index contributed by atoms with van der Waals surface area (Å²) in [5, 5.41) is 3.90. The van der Waals surface area contributed by atoms with E-state index in [1.165, 1.54) is 0 Å². The van der Waals surface area contributed by atoms with Gasteiger partial charge in [0.1, 0.15) is 0 Å². The van der Waals surface area contributed by atoms with Crippen molar-refractivity contribution < 1.29 is 9.32 Å². The van der Waals surface area contributed by atoms with Crippen molar-refractivity contribution in [2.75, 3.05) is 6.54 Å². The topological polar surface area (TPSA) is 114 Å². The number of nitrogens with one attached hydrogen (secondary N) is 1. The average molecular weight is 306 g/mol. The van der Waals surface area contributed by atoms with Gasteiger partial charge in [-0.15, -0.1) is 0 Å². The number of likely N-dealkylation sites (N-methyl/N-ethyl adjacent to an activating group) is 1. The first kappa shape index (κ1) is 16.2. The van der Waals surface area contributed by atoms with Crippen LogP contribution in [-0.2, 0) is 24.2 Å². The van der Waals surface area contributed by atoms with Crippen molar-refractivity contribution in [2.45, 2.75) is 45.7 Å². The maximum atomic E-state index is 12.4. The highest BCUT2D eigenvalue weighted by molar-refractivity contribution is 5.81. The molecule has 1 amide bonds. The summed E-state index contributed by atoms with van der Waals surface area (Å²) >= 11 is 0. The lowest BCUT2D eigenvalue weighted by Crippen LogP contribution is -2.44. The summed E-state index contributed by atoms with van der Waals surface area (Å²) in [6, 6.07) is -0.623. The molecule has 0 spiro atoms. The highest BCUT2D eigenvalue weighted by atomic mass is 16.5. The number of hydrogen-bond acceptors (Lipinski definition) is 6. The van der Waals surface area contributed by atoms with Crippen LogP contribution in [0.2, 0.25) is 0 Å². The third-order valence-corrected chi connectivity index (χ3v) is 3.31. The standard InChI is InChI=1S/C14H22N6O2/c1-3-5-13-18-12(19-22-13)8-20(4-2)14(21)11(15)6-10-7-16-9-17-10/h7,9,11H,3-6,8,15H2,1-2H3,(H,16,17)/t11-/m0/s1. The quantitative estimate of drug-likeness (QED) is 0.740. The third-order valence-electron chi connectivity index (χ3n) is 3.31. The zero-order valence-corrected chi connectivity index (χ0v) is 13.0. The molecule has 0 bridgehead atoms. The number of amides is 1. The summed E-state index contributed by atoms with van der Waals surface area (Å²) < 4.78 is 5.13. The Morgan fingerprint density at radius 1 is 1.50 bits per heavy atom. The number of nitrogens with zero attached hydrogens (tertiary/aromatic N) is 4. The van der Waals surface area contributed by atoms with E-state index in [0.29, 0.717) is 31.2 Å². The number of aromatic nitrogens is 4. The van der Waals surface area contributed by atoms with Crippen LogP contribution in [0.25, 0.3) is 0 Å². The van der Waals surface area contributed by atoms with E-state index in [2.05, 4.69) is 20.1 Å². The molecule has 8 nitrogen and oxygen atoms in total. The molecule has 2 heterocycles. The lowest BCUT2D eigenvalue weighted by Gasteiger charge is -2.22.